The normalized spacial score (nSPS) is 13.5. The number of carboxylic acid groups (broad SMARTS) is 1. The van der Waals surface area contributed by atoms with Crippen molar-refractivity contribution in [1.82, 2.24) is 5.32 Å². The molecule has 0 heterocycles. The summed E-state index contributed by atoms with van der Waals surface area (Å²) in [5.74, 6) is -1.89. The third kappa shape index (κ3) is 10.4. The van der Waals surface area contributed by atoms with Crippen molar-refractivity contribution in [1.29, 1.82) is 5.41 Å². The van der Waals surface area contributed by atoms with Gasteiger partial charge in [-0.05, 0) is 81.6 Å². The van der Waals surface area contributed by atoms with Crippen molar-refractivity contribution in [2.24, 2.45) is 5.73 Å². The Hall–Kier alpha value is -4.79. The summed E-state index contributed by atoms with van der Waals surface area (Å²) < 4.78 is 75.4. The second-order valence-electron chi connectivity index (χ2n) is 10.6. The fourth-order valence-electron chi connectivity index (χ4n) is 4.19. The van der Waals surface area contributed by atoms with Crippen LogP contribution in [0, 0.1) is 5.41 Å². The molecule has 0 spiro atoms. The van der Waals surface area contributed by atoms with E-state index in [2.05, 4.69) is 5.32 Å². The highest BCUT2D eigenvalue weighted by atomic mass is 32.2. The van der Waals surface area contributed by atoms with Crippen molar-refractivity contribution in [3.8, 4) is 17.2 Å². The number of carbonyl (C=O) groups is 2. The number of ether oxygens (including phenoxy) is 3. The zero-order valence-electron chi connectivity index (χ0n) is 25.8. The van der Waals surface area contributed by atoms with E-state index in [0.717, 1.165) is 0 Å². The number of halogens is 3. The number of carboxylic acids is 1. The van der Waals surface area contributed by atoms with Gasteiger partial charge in [-0.2, -0.15) is 13.2 Å². The molecule has 5 N–H and O–H groups in total. The highest BCUT2D eigenvalue weighted by Gasteiger charge is 2.39. The van der Waals surface area contributed by atoms with Gasteiger partial charge < -0.3 is 30.4 Å². The van der Waals surface area contributed by atoms with E-state index < -0.39 is 34.0 Å². The number of nitrogens with one attached hydrogen (secondary N) is 2. The Morgan fingerprint density at radius 3 is 2.17 bits per heavy atom. The minimum absolute atomic E-state index is 0.0109. The van der Waals surface area contributed by atoms with Gasteiger partial charge in [0, 0.05) is 17.7 Å². The van der Waals surface area contributed by atoms with Gasteiger partial charge in [-0.15, -0.1) is 0 Å². The molecule has 0 aromatic heterocycles. The van der Waals surface area contributed by atoms with Crippen molar-refractivity contribution in [2.45, 2.75) is 68.7 Å². The molecule has 0 aliphatic heterocycles. The minimum atomic E-state index is -5.08. The maximum atomic E-state index is 13.6. The number of benzene rings is 3. The Morgan fingerprint density at radius 1 is 1.02 bits per heavy atom. The zero-order chi connectivity index (χ0) is 34.9. The van der Waals surface area contributed by atoms with Gasteiger partial charge in [0.15, 0.2) is 21.3 Å². The van der Waals surface area contributed by atoms with Gasteiger partial charge in [-0.3, -0.25) is 10.2 Å². The molecule has 1 aliphatic carbocycles. The Bertz CT molecular complexity index is 1680. The second kappa shape index (κ2) is 15.7. The molecule has 3 aromatic carbocycles. The van der Waals surface area contributed by atoms with Crippen molar-refractivity contribution >= 4 is 27.5 Å². The first kappa shape index (κ1) is 36.7. The van der Waals surface area contributed by atoms with E-state index in [1.807, 2.05) is 20.8 Å². The van der Waals surface area contributed by atoms with E-state index in [4.69, 9.17) is 35.3 Å². The summed E-state index contributed by atoms with van der Waals surface area (Å²) >= 11 is 0. The maximum absolute atomic E-state index is 13.6. The molecule has 1 unspecified atom stereocenters. The number of hydrogen-bond acceptors (Lipinski definition) is 8. The van der Waals surface area contributed by atoms with Crippen LogP contribution in [0.3, 0.4) is 0 Å². The number of carbonyl (C=O) groups excluding carboxylic acids is 1. The molecule has 1 aliphatic rings. The summed E-state index contributed by atoms with van der Waals surface area (Å²) in [6.45, 7) is 6.09. The highest BCUT2D eigenvalue weighted by molar-refractivity contribution is 7.92. The molecule has 15 heteroatoms. The SMILES string of the molecule is CCOc1cc(C(Oc2ccc(C(=N)N)cc2)C(=O)NCc2ccccc2S(=O)(=O)C2CC2)ccc1OC(C)C.O=C(O)C(F)(F)F. The van der Waals surface area contributed by atoms with Crippen LogP contribution in [0.25, 0.3) is 0 Å². The third-order valence-electron chi connectivity index (χ3n) is 6.53. The number of rotatable bonds is 13. The number of amidine groups is 1. The van der Waals surface area contributed by atoms with E-state index in [1.54, 1.807) is 66.7 Å². The fraction of sp³-hybridized carbons (Fsp3) is 0.344. The summed E-state index contributed by atoms with van der Waals surface area (Å²) in [4.78, 5) is 22.8. The van der Waals surface area contributed by atoms with Crippen LogP contribution < -0.4 is 25.3 Å². The molecule has 0 bridgehead atoms. The summed E-state index contributed by atoms with van der Waals surface area (Å²) in [6, 6.07) is 18.4. The lowest BCUT2D eigenvalue weighted by molar-refractivity contribution is -0.192. The van der Waals surface area contributed by atoms with Crippen LogP contribution >= 0.6 is 0 Å². The van der Waals surface area contributed by atoms with E-state index in [0.29, 0.717) is 53.4 Å². The number of nitrogens with two attached hydrogens (primary N) is 1. The van der Waals surface area contributed by atoms with Crippen LogP contribution in [0.2, 0.25) is 0 Å². The first-order valence-electron chi connectivity index (χ1n) is 14.5. The van der Waals surface area contributed by atoms with Crippen LogP contribution in [0.1, 0.15) is 56.4 Å². The molecule has 4 rings (SSSR count). The zero-order valence-corrected chi connectivity index (χ0v) is 26.7. The van der Waals surface area contributed by atoms with Gasteiger partial charge in [0.2, 0.25) is 6.10 Å². The standard InChI is InChI=1S/C30H35N3O6S.C2HF3O2/c1-4-37-26-17-21(11-16-25(26)38-19(2)3)28(39-23-12-9-20(10-13-23)29(31)32)30(34)33-18-22-7-5-6-8-27(22)40(35,36)24-14-15-24;3-2(4,5)1(6)7/h5-13,16-17,19,24,28H,4,14-15,18H2,1-3H3,(H3,31,32)(H,33,34);(H,6,7). The van der Waals surface area contributed by atoms with Gasteiger partial charge in [0.1, 0.15) is 11.6 Å². The van der Waals surface area contributed by atoms with E-state index in [9.17, 15) is 26.4 Å². The number of aliphatic carboxylic acids is 1. The number of nitrogen functional groups attached to an aromatic ring is 1. The van der Waals surface area contributed by atoms with Gasteiger partial charge in [0.05, 0.1) is 22.9 Å². The first-order chi connectivity index (χ1) is 22.0. The molecule has 0 radical (unpaired) electrons. The molecular weight excluding hydrogens is 643 g/mol. The Kier molecular flexibility index (Phi) is 12.2. The molecule has 11 nitrogen and oxygen atoms in total. The Morgan fingerprint density at radius 2 is 1.64 bits per heavy atom. The van der Waals surface area contributed by atoms with E-state index in [1.165, 1.54) is 0 Å². The summed E-state index contributed by atoms with van der Waals surface area (Å²) in [5, 5.41) is 17.2. The van der Waals surface area contributed by atoms with Crippen LogP contribution in [0.4, 0.5) is 13.2 Å². The first-order valence-corrected chi connectivity index (χ1v) is 16.0. The average Bonchev–Trinajstić information content (AvgIpc) is 3.86. The van der Waals surface area contributed by atoms with Crippen LogP contribution in [-0.4, -0.2) is 55.4 Å². The molecule has 1 atom stereocenters. The molecular formula is C32H36F3N3O8S. The largest absolute Gasteiger partial charge is 0.490 e. The molecule has 47 heavy (non-hydrogen) atoms. The Labute approximate surface area is 270 Å². The molecule has 1 amide bonds. The van der Waals surface area contributed by atoms with Crippen molar-refractivity contribution in [2.75, 3.05) is 6.61 Å². The molecule has 1 fully saturated rings. The summed E-state index contributed by atoms with van der Waals surface area (Å²) in [5.41, 5.74) is 7.13. The van der Waals surface area contributed by atoms with Crippen LogP contribution in [-0.2, 0) is 26.0 Å². The topological polar surface area (TPSA) is 178 Å². The quantitative estimate of drug-likeness (QED) is 0.140. The smallest absolute Gasteiger partial charge is 0.490 e. The van der Waals surface area contributed by atoms with E-state index in [-0.39, 0.29) is 28.6 Å². The summed E-state index contributed by atoms with van der Waals surface area (Å²) in [7, 11) is -3.44. The van der Waals surface area contributed by atoms with Gasteiger partial charge in [0.25, 0.3) is 5.91 Å². The predicted octanol–water partition coefficient (Wildman–Crippen LogP) is 5.16. The molecule has 3 aromatic rings. The minimum Gasteiger partial charge on any atom is -0.490 e. The van der Waals surface area contributed by atoms with Crippen molar-refractivity contribution < 1.29 is 50.5 Å². The predicted molar refractivity (Wildman–Crippen MR) is 166 cm³/mol. The Balaban J connectivity index is 0.000000771. The maximum Gasteiger partial charge on any atom is 0.490 e. The second-order valence-corrected chi connectivity index (χ2v) is 12.8. The lowest BCUT2D eigenvalue weighted by Gasteiger charge is -2.22. The lowest BCUT2D eigenvalue weighted by atomic mass is 10.1. The fourth-order valence-corrected chi connectivity index (χ4v) is 6.08. The number of amides is 1. The summed E-state index contributed by atoms with van der Waals surface area (Å²) in [6.07, 6.45) is -4.95. The van der Waals surface area contributed by atoms with Crippen LogP contribution in [0.15, 0.2) is 71.6 Å². The van der Waals surface area contributed by atoms with Crippen LogP contribution in [0.5, 0.6) is 17.2 Å². The molecule has 1 saturated carbocycles. The van der Waals surface area contributed by atoms with Crippen molar-refractivity contribution in [3.05, 3.63) is 83.4 Å². The van der Waals surface area contributed by atoms with Gasteiger partial charge >= 0.3 is 12.1 Å². The number of alkyl halides is 3. The lowest BCUT2D eigenvalue weighted by Crippen LogP contribution is -2.32. The monoisotopic (exact) mass is 679 g/mol. The third-order valence-corrected chi connectivity index (χ3v) is 8.89. The highest BCUT2D eigenvalue weighted by Crippen LogP contribution is 2.36. The average molecular weight is 680 g/mol. The molecule has 0 saturated heterocycles. The van der Waals surface area contributed by atoms with Gasteiger partial charge in [-0.1, -0.05) is 24.3 Å². The van der Waals surface area contributed by atoms with Gasteiger partial charge in [-0.25, -0.2) is 13.2 Å². The van der Waals surface area contributed by atoms with Crippen molar-refractivity contribution in [3.63, 3.8) is 0 Å². The number of hydrogen-bond donors (Lipinski definition) is 4. The molecule has 254 valence electrons. The van der Waals surface area contributed by atoms with E-state index >= 15 is 0 Å². The number of sulfone groups is 1.